The van der Waals surface area contributed by atoms with Gasteiger partial charge in [-0.05, 0) is 29.9 Å². The van der Waals surface area contributed by atoms with Gasteiger partial charge in [-0.25, -0.2) is 0 Å². The molecule has 2 aromatic rings. The second-order valence-corrected chi connectivity index (χ2v) is 7.82. The fourth-order valence-corrected chi connectivity index (χ4v) is 4.18. The van der Waals surface area contributed by atoms with Crippen LogP contribution in [0.4, 0.5) is 0 Å². The number of nitrogens with one attached hydrogen (secondary N) is 1. The van der Waals surface area contributed by atoms with Gasteiger partial charge in [0.1, 0.15) is 0 Å². The molecular formula is C21H28N4O. The van der Waals surface area contributed by atoms with Crippen LogP contribution in [0.5, 0.6) is 0 Å². The Hall–Kier alpha value is -2.14. The normalized spacial score (nSPS) is 23.0. The molecule has 0 unspecified atom stereocenters. The van der Waals surface area contributed by atoms with Crippen molar-refractivity contribution >= 4 is 5.91 Å². The number of benzene rings is 1. The number of nitrogens with zero attached hydrogens (tertiary/aromatic N) is 3. The molecule has 5 heteroatoms. The number of rotatable bonds is 6. The molecule has 26 heavy (non-hydrogen) atoms. The summed E-state index contributed by atoms with van der Waals surface area (Å²) in [7, 11) is 1.93. The molecule has 1 saturated heterocycles. The van der Waals surface area contributed by atoms with Gasteiger partial charge in [0.2, 0.25) is 5.91 Å². The van der Waals surface area contributed by atoms with Gasteiger partial charge in [0.15, 0.2) is 0 Å². The van der Waals surface area contributed by atoms with E-state index in [0.717, 1.165) is 19.6 Å². The molecular weight excluding hydrogens is 324 g/mol. The van der Waals surface area contributed by atoms with Gasteiger partial charge < -0.3 is 10.2 Å². The molecule has 0 spiro atoms. The summed E-state index contributed by atoms with van der Waals surface area (Å²) >= 11 is 0. The lowest BCUT2D eigenvalue weighted by Crippen LogP contribution is -2.42. The highest BCUT2D eigenvalue weighted by Gasteiger charge is 2.38. The highest BCUT2D eigenvalue weighted by atomic mass is 16.2. The predicted octanol–water partition coefficient (Wildman–Crippen LogP) is 2.55. The molecule has 2 aliphatic rings. The van der Waals surface area contributed by atoms with Gasteiger partial charge in [0.25, 0.3) is 0 Å². The molecule has 2 atom stereocenters. The third-order valence-corrected chi connectivity index (χ3v) is 5.92. The summed E-state index contributed by atoms with van der Waals surface area (Å²) in [5, 5.41) is 7.73. The maximum absolute atomic E-state index is 13.5. The van der Waals surface area contributed by atoms with Crippen LogP contribution in [-0.4, -0.2) is 40.2 Å². The SMILES string of the molecule is Cn1cc([C@H]2CNC[C@@H]2C(=O)N(Cc2ccccc2)CC2CCC2)cn1. The van der Waals surface area contributed by atoms with Crippen LogP contribution in [0.3, 0.4) is 0 Å². The first-order valence-electron chi connectivity index (χ1n) is 9.72. The van der Waals surface area contributed by atoms with E-state index in [1.54, 1.807) is 0 Å². The number of hydrogen-bond donors (Lipinski definition) is 1. The standard InChI is InChI=1S/C21H28N4O/c1-24-15-18(10-23-24)19-11-22-12-20(19)21(26)25(14-17-8-5-9-17)13-16-6-3-2-4-7-16/h2-4,6-7,10,15,17,19-20,22H,5,8-9,11-14H2,1H3/t19-,20+/m1/s1. The van der Waals surface area contributed by atoms with Crippen LogP contribution < -0.4 is 5.32 Å². The fraction of sp³-hybridized carbons (Fsp3) is 0.524. The van der Waals surface area contributed by atoms with Crippen molar-refractivity contribution in [2.45, 2.75) is 31.7 Å². The maximum atomic E-state index is 13.5. The summed E-state index contributed by atoms with van der Waals surface area (Å²) in [4.78, 5) is 15.6. The zero-order chi connectivity index (χ0) is 17.9. The van der Waals surface area contributed by atoms with Crippen molar-refractivity contribution in [3.05, 3.63) is 53.9 Å². The summed E-state index contributed by atoms with van der Waals surface area (Å²) in [5.41, 5.74) is 2.38. The highest BCUT2D eigenvalue weighted by molar-refractivity contribution is 5.80. The third-order valence-electron chi connectivity index (χ3n) is 5.92. The molecule has 0 bridgehead atoms. The van der Waals surface area contributed by atoms with Crippen molar-refractivity contribution in [2.75, 3.05) is 19.6 Å². The van der Waals surface area contributed by atoms with Gasteiger partial charge in [-0.1, -0.05) is 36.8 Å². The molecule has 4 rings (SSSR count). The minimum atomic E-state index is 0.00277. The van der Waals surface area contributed by atoms with Crippen LogP contribution in [0.1, 0.15) is 36.3 Å². The number of aromatic nitrogens is 2. The van der Waals surface area contributed by atoms with Crippen LogP contribution >= 0.6 is 0 Å². The molecule has 0 radical (unpaired) electrons. The van der Waals surface area contributed by atoms with Gasteiger partial charge in [-0.3, -0.25) is 9.48 Å². The molecule has 2 fully saturated rings. The van der Waals surface area contributed by atoms with E-state index >= 15 is 0 Å². The predicted molar refractivity (Wildman–Crippen MR) is 102 cm³/mol. The lowest BCUT2D eigenvalue weighted by Gasteiger charge is -2.34. The van der Waals surface area contributed by atoms with E-state index in [1.165, 1.54) is 30.4 Å². The monoisotopic (exact) mass is 352 g/mol. The molecule has 138 valence electrons. The highest BCUT2D eigenvalue weighted by Crippen LogP contribution is 2.32. The molecule has 1 aliphatic heterocycles. The van der Waals surface area contributed by atoms with Gasteiger partial charge in [-0.2, -0.15) is 5.10 Å². The van der Waals surface area contributed by atoms with Crippen molar-refractivity contribution in [2.24, 2.45) is 18.9 Å². The van der Waals surface area contributed by atoms with E-state index in [-0.39, 0.29) is 11.8 Å². The Morgan fingerprint density at radius 2 is 2.08 bits per heavy atom. The zero-order valence-electron chi connectivity index (χ0n) is 15.5. The quantitative estimate of drug-likeness (QED) is 0.869. The van der Waals surface area contributed by atoms with Crippen LogP contribution in [0, 0.1) is 11.8 Å². The Bertz CT molecular complexity index is 737. The average Bonchev–Trinajstić information content (AvgIpc) is 3.25. The number of hydrogen-bond acceptors (Lipinski definition) is 3. The van der Waals surface area contributed by atoms with E-state index in [0.29, 0.717) is 18.4 Å². The molecule has 2 heterocycles. The van der Waals surface area contributed by atoms with Crippen molar-refractivity contribution in [1.29, 1.82) is 0 Å². The number of aryl methyl sites for hydroxylation is 1. The maximum Gasteiger partial charge on any atom is 0.227 e. The third kappa shape index (κ3) is 3.68. The smallest absolute Gasteiger partial charge is 0.227 e. The first kappa shape index (κ1) is 17.3. The Kier molecular flexibility index (Phi) is 5.07. The van der Waals surface area contributed by atoms with Crippen LogP contribution in [0.2, 0.25) is 0 Å². The van der Waals surface area contributed by atoms with Crippen LogP contribution in [-0.2, 0) is 18.4 Å². The summed E-state index contributed by atoms with van der Waals surface area (Å²) in [5.74, 6) is 1.19. The summed E-state index contributed by atoms with van der Waals surface area (Å²) < 4.78 is 1.82. The second kappa shape index (κ2) is 7.62. The number of amides is 1. The Morgan fingerprint density at radius 3 is 2.73 bits per heavy atom. The van der Waals surface area contributed by atoms with Crippen molar-refractivity contribution in [1.82, 2.24) is 20.0 Å². The van der Waals surface area contributed by atoms with Crippen molar-refractivity contribution < 1.29 is 4.79 Å². The fourth-order valence-electron chi connectivity index (χ4n) is 4.18. The summed E-state index contributed by atoms with van der Waals surface area (Å²) in [6.45, 7) is 3.22. The van der Waals surface area contributed by atoms with Gasteiger partial charge in [0.05, 0.1) is 12.1 Å². The summed E-state index contributed by atoms with van der Waals surface area (Å²) in [6, 6.07) is 10.4. The van der Waals surface area contributed by atoms with E-state index < -0.39 is 0 Å². The minimum absolute atomic E-state index is 0.00277. The Balaban J connectivity index is 1.52. The van der Waals surface area contributed by atoms with Crippen LogP contribution in [0.15, 0.2) is 42.7 Å². The van der Waals surface area contributed by atoms with Gasteiger partial charge in [0, 0.05) is 45.3 Å². The average molecular weight is 352 g/mol. The molecule has 1 amide bonds. The molecule has 5 nitrogen and oxygen atoms in total. The lowest BCUT2D eigenvalue weighted by molar-refractivity contribution is -0.137. The van der Waals surface area contributed by atoms with Crippen molar-refractivity contribution in [3.63, 3.8) is 0 Å². The molecule has 1 N–H and O–H groups in total. The molecule has 1 aliphatic carbocycles. The molecule has 1 aromatic carbocycles. The zero-order valence-corrected chi connectivity index (χ0v) is 15.5. The molecule has 1 saturated carbocycles. The number of carbonyl (C=O) groups excluding carboxylic acids is 1. The first-order valence-corrected chi connectivity index (χ1v) is 9.72. The Labute approximate surface area is 155 Å². The van der Waals surface area contributed by atoms with Crippen LogP contribution in [0.25, 0.3) is 0 Å². The Morgan fingerprint density at radius 1 is 1.27 bits per heavy atom. The van der Waals surface area contributed by atoms with E-state index in [2.05, 4.69) is 39.6 Å². The second-order valence-electron chi connectivity index (χ2n) is 7.82. The minimum Gasteiger partial charge on any atom is -0.338 e. The topological polar surface area (TPSA) is 50.2 Å². The lowest BCUT2D eigenvalue weighted by atomic mass is 9.84. The van der Waals surface area contributed by atoms with Gasteiger partial charge in [-0.15, -0.1) is 0 Å². The van der Waals surface area contributed by atoms with E-state index in [4.69, 9.17) is 0 Å². The first-order chi connectivity index (χ1) is 12.7. The number of carbonyl (C=O) groups is 1. The summed E-state index contributed by atoms with van der Waals surface area (Å²) in [6.07, 6.45) is 7.78. The van der Waals surface area contributed by atoms with E-state index in [1.807, 2.05) is 30.2 Å². The van der Waals surface area contributed by atoms with Gasteiger partial charge >= 0.3 is 0 Å². The molecule has 1 aromatic heterocycles. The van der Waals surface area contributed by atoms with E-state index in [9.17, 15) is 4.79 Å². The largest absolute Gasteiger partial charge is 0.338 e. The van der Waals surface area contributed by atoms with Crippen molar-refractivity contribution in [3.8, 4) is 0 Å².